The molecule has 1 rings (SSSR count). The summed E-state index contributed by atoms with van der Waals surface area (Å²) in [5.41, 5.74) is 3.63. The van der Waals surface area contributed by atoms with E-state index in [1.807, 2.05) is 0 Å². The van der Waals surface area contributed by atoms with Gasteiger partial charge in [0.1, 0.15) is 5.78 Å². The first-order valence-corrected chi connectivity index (χ1v) is 6.87. The summed E-state index contributed by atoms with van der Waals surface area (Å²) in [6.07, 6.45) is 1.24. The molecule has 0 fully saturated rings. The zero-order chi connectivity index (χ0) is 13.5. The summed E-state index contributed by atoms with van der Waals surface area (Å²) in [7, 11) is 0. The summed E-state index contributed by atoms with van der Waals surface area (Å²) in [4.78, 5) is 14.3. The third kappa shape index (κ3) is 4.61. The average molecular weight is 247 g/mol. The second-order valence-electron chi connectivity index (χ2n) is 4.92. The summed E-state index contributed by atoms with van der Waals surface area (Å²) < 4.78 is 0. The van der Waals surface area contributed by atoms with Gasteiger partial charge in [-0.25, -0.2) is 0 Å². The van der Waals surface area contributed by atoms with Crippen molar-refractivity contribution in [3.05, 3.63) is 34.9 Å². The van der Waals surface area contributed by atoms with Crippen LogP contribution in [0.3, 0.4) is 0 Å². The number of ketones is 1. The molecular weight excluding hydrogens is 222 g/mol. The van der Waals surface area contributed by atoms with E-state index in [9.17, 15) is 4.79 Å². The molecule has 0 spiro atoms. The molecule has 0 radical (unpaired) electrons. The van der Waals surface area contributed by atoms with Crippen molar-refractivity contribution in [3.63, 3.8) is 0 Å². The minimum absolute atomic E-state index is 0.343. The molecule has 2 nitrogen and oxygen atoms in total. The molecule has 0 saturated heterocycles. The van der Waals surface area contributed by atoms with E-state index in [2.05, 4.69) is 50.8 Å². The van der Waals surface area contributed by atoms with Gasteiger partial charge in [0.25, 0.3) is 0 Å². The van der Waals surface area contributed by atoms with E-state index in [-0.39, 0.29) is 0 Å². The van der Waals surface area contributed by atoms with E-state index in [4.69, 9.17) is 0 Å². The minimum Gasteiger partial charge on any atom is -0.303 e. The summed E-state index contributed by atoms with van der Waals surface area (Å²) in [6, 6.07) is 6.33. The topological polar surface area (TPSA) is 20.3 Å². The molecule has 0 aliphatic rings. The third-order valence-corrected chi connectivity index (χ3v) is 3.49. The number of aryl methyl sites for hydroxylation is 2. The van der Waals surface area contributed by atoms with Gasteiger partial charge in [-0.2, -0.15) is 0 Å². The van der Waals surface area contributed by atoms with Crippen LogP contribution in [0.5, 0.6) is 0 Å². The highest BCUT2D eigenvalue weighted by Gasteiger charge is 2.08. The maximum atomic E-state index is 12.0. The Morgan fingerprint density at radius 3 is 2.44 bits per heavy atom. The molecule has 100 valence electrons. The summed E-state index contributed by atoms with van der Waals surface area (Å²) >= 11 is 0. The van der Waals surface area contributed by atoms with Gasteiger partial charge in [0.05, 0.1) is 0 Å². The van der Waals surface area contributed by atoms with Crippen LogP contribution in [0.4, 0.5) is 0 Å². The van der Waals surface area contributed by atoms with Crippen molar-refractivity contribution in [2.45, 2.75) is 40.5 Å². The molecule has 0 amide bonds. The Kier molecular flexibility index (Phi) is 6.06. The number of hydrogen-bond acceptors (Lipinski definition) is 2. The van der Waals surface area contributed by atoms with Gasteiger partial charge in [-0.05, 0) is 38.1 Å². The zero-order valence-corrected chi connectivity index (χ0v) is 12.1. The standard InChI is InChI=1S/C16H25NO/c1-5-17(6-2)10-9-16(18)12-15-11-13(3)7-8-14(15)4/h7-8,11H,5-6,9-10,12H2,1-4H3. The van der Waals surface area contributed by atoms with Crippen molar-refractivity contribution < 1.29 is 4.79 Å². The Balaban J connectivity index is 2.51. The molecule has 18 heavy (non-hydrogen) atoms. The van der Waals surface area contributed by atoms with Crippen molar-refractivity contribution >= 4 is 5.78 Å². The second kappa shape index (κ2) is 7.32. The van der Waals surface area contributed by atoms with Crippen molar-refractivity contribution in [3.8, 4) is 0 Å². The molecule has 0 N–H and O–H groups in total. The lowest BCUT2D eigenvalue weighted by atomic mass is 10.00. The van der Waals surface area contributed by atoms with Crippen LogP contribution in [0.1, 0.15) is 37.0 Å². The Morgan fingerprint density at radius 2 is 1.83 bits per heavy atom. The van der Waals surface area contributed by atoms with E-state index >= 15 is 0 Å². The molecule has 0 heterocycles. The predicted molar refractivity (Wildman–Crippen MR) is 77.0 cm³/mol. The number of carbonyl (C=O) groups excluding carboxylic acids is 1. The normalized spacial score (nSPS) is 10.9. The lowest BCUT2D eigenvalue weighted by Crippen LogP contribution is -2.26. The van der Waals surface area contributed by atoms with E-state index in [1.165, 1.54) is 16.7 Å². The van der Waals surface area contributed by atoms with Crippen molar-refractivity contribution in [2.24, 2.45) is 0 Å². The van der Waals surface area contributed by atoms with Crippen LogP contribution in [0.25, 0.3) is 0 Å². The Hall–Kier alpha value is -1.15. The largest absolute Gasteiger partial charge is 0.303 e. The number of benzene rings is 1. The van der Waals surface area contributed by atoms with Crippen LogP contribution < -0.4 is 0 Å². The molecular formula is C16H25NO. The fourth-order valence-corrected chi connectivity index (χ4v) is 2.11. The number of rotatable bonds is 7. The van der Waals surface area contributed by atoms with E-state index in [1.54, 1.807) is 0 Å². The molecule has 0 atom stereocenters. The number of nitrogens with zero attached hydrogens (tertiary/aromatic N) is 1. The molecule has 0 aliphatic heterocycles. The smallest absolute Gasteiger partial charge is 0.138 e. The predicted octanol–water partition coefficient (Wildman–Crippen LogP) is 3.15. The van der Waals surface area contributed by atoms with Crippen LogP contribution in [0, 0.1) is 13.8 Å². The van der Waals surface area contributed by atoms with Gasteiger partial charge >= 0.3 is 0 Å². The van der Waals surface area contributed by atoms with Gasteiger partial charge in [0, 0.05) is 19.4 Å². The highest BCUT2D eigenvalue weighted by atomic mass is 16.1. The monoisotopic (exact) mass is 247 g/mol. The first-order valence-electron chi connectivity index (χ1n) is 6.87. The minimum atomic E-state index is 0.343. The van der Waals surface area contributed by atoms with Crippen molar-refractivity contribution in [2.75, 3.05) is 19.6 Å². The number of hydrogen-bond donors (Lipinski definition) is 0. The van der Waals surface area contributed by atoms with Crippen LogP contribution in [0.15, 0.2) is 18.2 Å². The number of carbonyl (C=O) groups is 1. The van der Waals surface area contributed by atoms with Crippen LogP contribution in [-0.2, 0) is 11.2 Å². The molecule has 2 heteroatoms. The second-order valence-corrected chi connectivity index (χ2v) is 4.92. The van der Waals surface area contributed by atoms with Crippen LogP contribution in [-0.4, -0.2) is 30.3 Å². The first kappa shape index (κ1) is 14.9. The lowest BCUT2D eigenvalue weighted by molar-refractivity contribution is -0.118. The lowest BCUT2D eigenvalue weighted by Gasteiger charge is -2.17. The number of Topliss-reactive ketones (excluding diaryl/α,β-unsaturated/α-hetero) is 1. The fourth-order valence-electron chi connectivity index (χ4n) is 2.11. The quantitative estimate of drug-likeness (QED) is 0.737. The van der Waals surface area contributed by atoms with E-state index in [0.717, 1.165) is 19.6 Å². The van der Waals surface area contributed by atoms with Gasteiger partial charge in [0.15, 0.2) is 0 Å². The molecule has 0 aromatic heterocycles. The average Bonchev–Trinajstić information content (AvgIpc) is 2.35. The zero-order valence-electron chi connectivity index (χ0n) is 12.1. The SMILES string of the molecule is CCN(CC)CCC(=O)Cc1cc(C)ccc1C. The Bertz CT molecular complexity index is 394. The highest BCUT2D eigenvalue weighted by molar-refractivity contribution is 5.81. The van der Waals surface area contributed by atoms with E-state index < -0.39 is 0 Å². The van der Waals surface area contributed by atoms with Crippen molar-refractivity contribution in [1.82, 2.24) is 4.90 Å². The molecule has 0 aliphatic carbocycles. The molecule has 1 aromatic rings. The summed E-state index contributed by atoms with van der Waals surface area (Å²) in [5.74, 6) is 0.343. The van der Waals surface area contributed by atoms with Gasteiger partial charge in [-0.3, -0.25) is 4.79 Å². The molecule has 0 unspecified atom stereocenters. The maximum Gasteiger partial charge on any atom is 0.138 e. The van der Waals surface area contributed by atoms with E-state index in [0.29, 0.717) is 18.6 Å². The van der Waals surface area contributed by atoms with Gasteiger partial charge < -0.3 is 4.90 Å². The first-order chi connectivity index (χ1) is 8.56. The summed E-state index contributed by atoms with van der Waals surface area (Å²) in [6.45, 7) is 11.4. The Morgan fingerprint density at radius 1 is 1.17 bits per heavy atom. The van der Waals surface area contributed by atoms with Gasteiger partial charge in [-0.15, -0.1) is 0 Å². The van der Waals surface area contributed by atoms with Gasteiger partial charge in [0.2, 0.25) is 0 Å². The highest BCUT2D eigenvalue weighted by Crippen LogP contribution is 2.12. The maximum absolute atomic E-state index is 12.0. The Labute approximate surface area is 111 Å². The fraction of sp³-hybridized carbons (Fsp3) is 0.562. The molecule has 0 saturated carbocycles. The molecule has 1 aromatic carbocycles. The summed E-state index contributed by atoms with van der Waals surface area (Å²) in [5, 5.41) is 0. The van der Waals surface area contributed by atoms with Crippen molar-refractivity contribution in [1.29, 1.82) is 0 Å². The molecule has 0 bridgehead atoms. The van der Waals surface area contributed by atoms with Gasteiger partial charge in [-0.1, -0.05) is 37.6 Å². The third-order valence-electron chi connectivity index (χ3n) is 3.49. The van der Waals surface area contributed by atoms with Crippen LogP contribution >= 0.6 is 0 Å². The van der Waals surface area contributed by atoms with Crippen LogP contribution in [0.2, 0.25) is 0 Å².